The van der Waals surface area contributed by atoms with Crippen molar-refractivity contribution in [1.29, 1.82) is 0 Å². The zero-order valence-electron chi connectivity index (χ0n) is 63.6. The number of aliphatic hydroxyl groups excluding tert-OH is 20. The smallest absolute Gasteiger partial charge is 0.242 e. The monoisotopic (exact) mass is 1600 g/mol. The molecule has 17 atom stereocenters. The van der Waals surface area contributed by atoms with Crippen LogP contribution in [0.25, 0.3) is 0 Å². The molecule has 0 bridgehead atoms. The van der Waals surface area contributed by atoms with E-state index in [-0.39, 0.29) is 39.0 Å². The van der Waals surface area contributed by atoms with Gasteiger partial charge in [-0.15, -0.1) is 0 Å². The van der Waals surface area contributed by atoms with Crippen LogP contribution < -0.4 is 16.4 Å². The number of carbonyl (C=O) groups is 12. The van der Waals surface area contributed by atoms with E-state index in [1.165, 1.54) is 70.5 Å². The fourth-order valence-electron chi connectivity index (χ4n) is 9.84. The van der Waals surface area contributed by atoms with Gasteiger partial charge in [-0.2, -0.15) is 0 Å². The van der Waals surface area contributed by atoms with Crippen molar-refractivity contribution in [2.24, 2.45) is 5.73 Å². The van der Waals surface area contributed by atoms with E-state index in [1.54, 1.807) is 0 Å². The van der Waals surface area contributed by atoms with Crippen molar-refractivity contribution < 1.29 is 160 Å². The lowest BCUT2D eigenvalue weighted by Gasteiger charge is -2.33. The number of hydrogen-bond donors (Lipinski definition) is 23. The van der Waals surface area contributed by atoms with Gasteiger partial charge in [0.1, 0.15) is 73.2 Å². The van der Waals surface area contributed by atoms with Gasteiger partial charge in [0.05, 0.1) is 122 Å². The third-order valence-electron chi connectivity index (χ3n) is 17.5. The maximum Gasteiger partial charge on any atom is 0.242 e. The molecule has 0 aliphatic rings. The Labute approximate surface area is 635 Å². The number of likely N-dealkylation sites (N-methyl/N-ethyl adjacent to an activating group) is 10. The fraction of sp³-hybridized carbons (Fsp3) is 0.810. The standard InChI is InChI=1S/C63H119N15O32/c1-67(21-44(91)65-13-15-77(17-36(83)55(102)59(106)40(87)31-79)18-37(84)56(103)60(107)41(88)32-80)47(94)24-70(4)50(97)27-73(7)52(99)26-72(6)49(96)23-69(3)46(93)12-11-35(64)63(110)76(10)30-54(101)75(9)29-53(100)74(8)28-51(98)71(5)25-48(95)68(2)22-45(92)66-14-16-78(19-38(85)57(104)61(108)42(89)33-81)20-39(86)58(105)62(109)43(90)34-82/h35-43,55-62,79-90,102-109H,11-34,64H2,1-10H3,(H,65,91)(H,66,92)/t35?,36-,37-,38-,39-,40+,41+,42+,43+,55+,56+,57+,58+,59+,60+,61+,62+/m0/s1. The van der Waals surface area contributed by atoms with Gasteiger partial charge >= 0.3 is 0 Å². The average molecular weight is 1600 g/mol. The molecule has 0 heterocycles. The highest BCUT2D eigenvalue weighted by Gasteiger charge is 2.38. The summed E-state index contributed by atoms with van der Waals surface area (Å²) in [6.07, 6.45) is -31.9. The number of nitrogens with two attached hydrogens (primary N) is 1. The molecule has 0 aliphatic heterocycles. The van der Waals surface area contributed by atoms with Gasteiger partial charge in [0, 0.05) is 129 Å². The maximum absolute atomic E-state index is 13.2. The second kappa shape index (κ2) is 51.4. The van der Waals surface area contributed by atoms with Gasteiger partial charge in [-0.05, 0) is 6.42 Å². The predicted molar refractivity (Wildman–Crippen MR) is 377 cm³/mol. The van der Waals surface area contributed by atoms with Gasteiger partial charge < -0.3 is 167 Å². The molecule has 0 aromatic rings. The number of amides is 12. The molecular weight excluding hydrogens is 1480 g/mol. The van der Waals surface area contributed by atoms with E-state index in [2.05, 4.69) is 10.6 Å². The van der Waals surface area contributed by atoms with Crippen LogP contribution in [0.1, 0.15) is 12.8 Å². The first-order valence-electron chi connectivity index (χ1n) is 34.5. The van der Waals surface area contributed by atoms with E-state index in [0.29, 0.717) is 0 Å². The van der Waals surface area contributed by atoms with E-state index in [4.69, 9.17) is 26.2 Å². The molecule has 0 saturated heterocycles. The summed E-state index contributed by atoms with van der Waals surface area (Å²) in [7, 11) is 12.4. The van der Waals surface area contributed by atoms with Gasteiger partial charge in [0.15, 0.2) is 0 Å². The molecule has 0 aromatic carbocycles. The highest BCUT2D eigenvalue weighted by atomic mass is 16.4. The average Bonchev–Trinajstić information content (AvgIpc) is 1.65. The zero-order chi connectivity index (χ0) is 85.1. The van der Waals surface area contributed by atoms with Crippen molar-refractivity contribution in [1.82, 2.24) is 69.4 Å². The van der Waals surface area contributed by atoms with E-state index < -0.39 is 293 Å². The second-order valence-corrected chi connectivity index (χ2v) is 27.0. The van der Waals surface area contributed by atoms with Crippen LogP contribution in [0.4, 0.5) is 0 Å². The Hall–Kier alpha value is -7.28. The minimum absolute atomic E-state index is 0.255. The molecule has 638 valence electrons. The van der Waals surface area contributed by atoms with Crippen molar-refractivity contribution >= 4 is 70.9 Å². The number of aliphatic hydroxyl groups is 20. The molecule has 1 unspecified atom stereocenters. The lowest BCUT2D eigenvalue weighted by Crippen LogP contribution is -2.54. The molecule has 24 N–H and O–H groups in total. The summed E-state index contributed by atoms with van der Waals surface area (Å²) in [6.45, 7) is -13.3. The minimum atomic E-state index is -2.06. The maximum atomic E-state index is 13.2. The van der Waals surface area contributed by atoms with Crippen LogP contribution in [-0.4, -0.2) is 550 Å². The first-order chi connectivity index (χ1) is 51.0. The molecule has 47 nitrogen and oxygen atoms in total. The normalized spacial score (nSPS) is 16.3. The highest BCUT2D eigenvalue weighted by molar-refractivity contribution is 5.94. The third kappa shape index (κ3) is 36.5. The van der Waals surface area contributed by atoms with E-state index in [9.17, 15) is 139 Å². The summed E-state index contributed by atoms with van der Waals surface area (Å²) in [5.74, 6) is -8.86. The summed E-state index contributed by atoms with van der Waals surface area (Å²) in [5.41, 5.74) is 6.09. The number of nitrogens with one attached hydrogen (secondary N) is 2. The predicted octanol–water partition coefficient (Wildman–Crippen LogP) is -19.7. The van der Waals surface area contributed by atoms with E-state index in [1.807, 2.05) is 0 Å². The van der Waals surface area contributed by atoms with Gasteiger partial charge in [-0.1, -0.05) is 0 Å². The molecule has 0 radical (unpaired) electrons. The SMILES string of the molecule is CN(CC(=O)NCCN(C[C@H](O)[C@@H](O)[C@H](O)[C@H](O)CO)C[C@H](O)[C@@H](O)[C@H](O)[C@H](O)CO)C(=O)CN(C)C(=O)CN(C)C(=O)CN(C)C(=O)CN(C)C(=O)CCC(N)C(=O)N(C)CC(=O)N(C)CC(=O)N(C)CC(=O)N(C)CC(=O)N(C)CC(=O)NCCN(C[C@H](O)[C@@H](O)[C@H](O)[C@H](O)CO)C[C@H](O)[C@@H](O)[C@H](O)[C@H](O)CO. The molecule has 0 saturated carbocycles. The van der Waals surface area contributed by atoms with E-state index >= 15 is 0 Å². The molecule has 0 spiro atoms. The molecule has 0 rings (SSSR count). The Balaban J connectivity index is 5.22. The van der Waals surface area contributed by atoms with Crippen molar-refractivity contribution in [2.45, 2.75) is 117 Å². The van der Waals surface area contributed by atoms with Crippen molar-refractivity contribution in [3.63, 3.8) is 0 Å². The second-order valence-electron chi connectivity index (χ2n) is 27.0. The first-order valence-corrected chi connectivity index (χ1v) is 34.5. The Morgan fingerprint density at radius 1 is 0.273 bits per heavy atom. The van der Waals surface area contributed by atoms with Crippen LogP contribution in [0.2, 0.25) is 0 Å². The Morgan fingerprint density at radius 2 is 0.455 bits per heavy atom. The molecule has 47 heteroatoms. The topological polar surface area (TPSA) is 698 Å². The molecule has 0 fully saturated rings. The third-order valence-corrected chi connectivity index (χ3v) is 17.5. The van der Waals surface area contributed by atoms with Crippen LogP contribution in [0, 0.1) is 0 Å². The Bertz CT molecular complexity index is 2830. The number of hydrogen-bond acceptors (Lipinski definition) is 35. The number of nitrogens with zero attached hydrogens (tertiary/aromatic N) is 12. The highest BCUT2D eigenvalue weighted by Crippen LogP contribution is 2.14. The van der Waals surface area contributed by atoms with Gasteiger partial charge in [-0.25, -0.2) is 0 Å². The molecule has 110 heavy (non-hydrogen) atoms. The zero-order valence-corrected chi connectivity index (χ0v) is 63.6. The molecule has 0 aliphatic carbocycles. The lowest BCUT2D eigenvalue weighted by molar-refractivity contribution is -0.145. The number of rotatable bonds is 54. The van der Waals surface area contributed by atoms with Gasteiger partial charge in [0.2, 0.25) is 70.9 Å². The van der Waals surface area contributed by atoms with Crippen molar-refractivity contribution in [2.75, 3.05) is 215 Å². The minimum Gasteiger partial charge on any atom is -0.394 e. The van der Waals surface area contributed by atoms with Gasteiger partial charge in [0.25, 0.3) is 0 Å². The van der Waals surface area contributed by atoms with Crippen LogP contribution in [0.5, 0.6) is 0 Å². The van der Waals surface area contributed by atoms with Crippen LogP contribution >= 0.6 is 0 Å². The summed E-state index contributed by atoms with van der Waals surface area (Å²) in [4.78, 5) is 169. The largest absolute Gasteiger partial charge is 0.394 e. The molecular formula is C63H119N15O32. The summed E-state index contributed by atoms with van der Waals surface area (Å²) >= 11 is 0. The van der Waals surface area contributed by atoms with Crippen molar-refractivity contribution in [3.8, 4) is 0 Å². The molecule has 0 aromatic heterocycles. The Kier molecular flexibility index (Phi) is 48.0. The van der Waals surface area contributed by atoms with Crippen LogP contribution in [0.3, 0.4) is 0 Å². The van der Waals surface area contributed by atoms with Crippen LogP contribution in [-0.2, 0) is 57.5 Å². The molecule has 12 amide bonds. The van der Waals surface area contributed by atoms with Crippen LogP contribution in [0.15, 0.2) is 0 Å². The quantitative estimate of drug-likeness (QED) is 0.0269. The van der Waals surface area contributed by atoms with E-state index in [0.717, 1.165) is 58.8 Å². The van der Waals surface area contributed by atoms with Gasteiger partial charge in [-0.3, -0.25) is 67.3 Å². The first kappa shape index (κ1) is 103. The summed E-state index contributed by atoms with van der Waals surface area (Å²) in [6, 6.07) is -1.33. The Morgan fingerprint density at radius 3 is 0.664 bits per heavy atom. The summed E-state index contributed by atoms with van der Waals surface area (Å²) in [5, 5.41) is 204. The fourth-order valence-corrected chi connectivity index (χ4v) is 9.84. The summed E-state index contributed by atoms with van der Waals surface area (Å²) < 4.78 is 0. The number of carbonyl (C=O) groups excluding carboxylic acids is 12. The lowest BCUT2D eigenvalue weighted by atomic mass is 10.0. The van der Waals surface area contributed by atoms with Crippen molar-refractivity contribution in [3.05, 3.63) is 0 Å².